The van der Waals surface area contributed by atoms with Crippen molar-refractivity contribution in [1.29, 1.82) is 0 Å². The minimum atomic E-state index is -1.57. The van der Waals surface area contributed by atoms with E-state index in [4.69, 9.17) is 51.1 Å². The SMILES string of the molecule is OC[C@H]1O[C@@H](O)[C@@H](O)[C@@H](O)[C@H]1O.OC[C@H]1O[C@@H](O)[C@H](O)[C@@H](O)[C@H]1O. The number of ether oxygens (including phenoxy) is 2. The molecule has 2 aliphatic heterocycles. The summed E-state index contributed by atoms with van der Waals surface area (Å²) < 4.78 is 9.15. The molecule has 10 atom stereocenters. The minimum absolute atomic E-state index is 0.526. The van der Waals surface area contributed by atoms with Gasteiger partial charge in [-0.3, -0.25) is 0 Å². The Bertz CT molecular complexity index is 326. The maximum Gasteiger partial charge on any atom is 0.184 e. The van der Waals surface area contributed by atoms with Gasteiger partial charge in [0.1, 0.15) is 48.8 Å². The molecule has 12 heteroatoms. The zero-order valence-corrected chi connectivity index (χ0v) is 12.5. The third-order valence-corrected chi connectivity index (χ3v) is 3.73. The van der Waals surface area contributed by atoms with Gasteiger partial charge in [0.05, 0.1) is 13.2 Å². The van der Waals surface area contributed by atoms with Gasteiger partial charge in [0.15, 0.2) is 12.6 Å². The first-order valence-corrected chi connectivity index (χ1v) is 7.12. The van der Waals surface area contributed by atoms with Gasteiger partial charge in [-0.15, -0.1) is 0 Å². The van der Waals surface area contributed by atoms with Crippen molar-refractivity contribution in [2.75, 3.05) is 13.2 Å². The highest BCUT2D eigenvalue weighted by Gasteiger charge is 2.43. The Labute approximate surface area is 136 Å². The van der Waals surface area contributed by atoms with Crippen LogP contribution in [0.5, 0.6) is 0 Å². The molecule has 0 spiro atoms. The van der Waals surface area contributed by atoms with E-state index in [0.29, 0.717) is 0 Å². The van der Waals surface area contributed by atoms with Crippen molar-refractivity contribution in [3.05, 3.63) is 0 Å². The maximum atomic E-state index is 9.12. The van der Waals surface area contributed by atoms with E-state index in [-0.39, 0.29) is 0 Å². The molecule has 0 unspecified atom stereocenters. The molecule has 2 aliphatic rings. The highest BCUT2D eigenvalue weighted by atomic mass is 16.6. The van der Waals surface area contributed by atoms with E-state index in [1.165, 1.54) is 0 Å². The maximum absolute atomic E-state index is 9.12. The van der Waals surface area contributed by atoms with Gasteiger partial charge in [-0.1, -0.05) is 0 Å². The molecular weight excluding hydrogens is 336 g/mol. The second-order valence-corrected chi connectivity index (χ2v) is 5.44. The van der Waals surface area contributed by atoms with Crippen molar-refractivity contribution in [3.63, 3.8) is 0 Å². The summed E-state index contributed by atoms with van der Waals surface area (Å²) >= 11 is 0. The summed E-state index contributed by atoms with van der Waals surface area (Å²) in [6.45, 7) is -1.05. The van der Waals surface area contributed by atoms with Crippen LogP contribution in [0.15, 0.2) is 0 Å². The van der Waals surface area contributed by atoms with E-state index in [1.54, 1.807) is 0 Å². The lowest BCUT2D eigenvalue weighted by Gasteiger charge is -2.37. The molecule has 0 amide bonds. The second kappa shape index (κ2) is 9.28. The molecule has 0 bridgehead atoms. The summed E-state index contributed by atoms with van der Waals surface area (Å²) in [6, 6.07) is 0. The van der Waals surface area contributed by atoms with E-state index in [0.717, 1.165) is 0 Å². The van der Waals surface area contributed by atoms with Gasteiger partial charge in [0.2, 0.25) is 0 Å². The summed E-state index contributed by atoms with van der Waals surface area (Å²) in [6.07, 6.45) is -14.1. The van der Waals surface area contributed by atoms with Gasteiger partial charge in [-0.2, -0.15) is 0 Å². The Balaban J connectivity index is 0.000000240. The van der Waals surface area contributed by atoms with Crippen molar-refractivity contribution < 1.29 is 60.5 Å². The number of hydrogen-bond donors (Lipinski definition) is 10. The van der Waals surface area contributed by atoms with Crippen LogP contribution in [0.3, 0.4) is 0 Å². The highest BCUT2D eigenvalue weighted by Crippen LogP contribution is 2.19. The summed E-state index contributed by atoms with van der Waals surface area (Å²) in [5.74, 6) is 0. The number of aliphatic hydroxyl groups excluding tert-OH is 10. The molecule has 0 aromatic rings. The molecule has 12 nitrogen and oxygen atoms in total. The molecule has 0 saturated carbocycles. The molecular formula is C12H24O12. The Morgan fingerprint density at radius 1 is 0.458 bits per heavy atom. The van der Waals surface area contributed by atoms with Crippen LogP contribution in [0.4, 0.5) is 0 Å². The molecule has 144 valence electrons. The van der Waals surface area contributed by atoms with Crippen LogP contribution in [0.25, 0.3) is 0 Å². The van der Waals surface area contributed by atoms with Gasteiger partial charge in [0, 0.05) is 0 Å². The third-order valence-electron chi connectivity index (χ3n) is 3.73. The van der Waals surface area contributed by atoms with Crippen LogP contribution >= 0.6 is 0 Å². The van der Waals surface area contributed by atoms with Crippen molar-refractivity contribution in [3.8, 4) is 0 Å². The van der Waals surface area contributed by atoms with E-state index in [9.17, 15) is 0 Å². The quantitative estimate of drug-likeness (QED) is 0.222. The highest BCUT2D eigenvalue weighted by molar-refractivity contribution is 4.88. The molecule has 24 heavy (non-hydrogen) atoms. The predicted octanol–water partition coefficient (Wildman–Crippen LogP) is -6.44. The first-order chi connectivity index (χ1) is 11.1. The summed E-state index contributed by atoms with van der Waals surface area (Å²) in [4.78, 5) is 0. The van der Waals surface area contributed by atoms with Gasteiger partial charge in [-0.25, -0.2) is 0 Å². The molecule has 2 rings (SSSR count). The molecule has 0 aromatic carbocycles. The largest absolute Gasteiger partial charge is 0.394 e. The fraction of sp³-hybridized carbons (Fsp3) is 1.00. The average Bonchev–Trinajstić information content (AvgIpc) is 2.58. The standard InChI is InChI=1S/2C6H12O6/c2*7-1-2-3(8)4(9)5(10)6(11)12-2/h2*2-11H,1H2/t2-,3+,4+,5+,6-;2-,3+,4+,5-,6-/m11/s1. The van der Waals surface area contributed by atoms with Gasteiger partial charge in [-0.05, 0) is 0 Å². The fourth-order valence-corrected chi connectivity index (χ4v) is 2.16. The lowest BCUT2D eigenvalue weighted by atomic mass is 10.00. The zero-order chi connectivity index (χ0) is 18.6. The summed E-state index contributed by atoms with van der Waals surface area (Å²) in [7, 11) is 0. The minimum Gasteiger partial charge on any atom is -0.394 e. The van der Waals surface area contributed by atoms with Crippen molar-refractivity contribution in [1.82, 2.24) is 0 Å². The number of rotatable bonds is 2. The average molecular weight is 360 g/mol. The summed E-state index contributed by atoms with van der Waals surface area (Å²) in [5.41, 5.74) is 0. The van der Waals surface area contributed by atoms with Gasteiger partial charge < -0.3 is 60.5 Å². The van der Waals surface area contributed by atoms with Crippen LogP contribution in [0.1, 0.15) is 0 Å². The smallest absolute Gasteiger partial charge is 0.184 e. The van der Waals surface area contributed by atoms with Crippen LogP contribution in [-0.4, -0.2) is 126 Å². The normalized spacial score (nSPS) is 49.2. The van der Waals surface area contributed by atoms with Crippen LogP contribution in [-0.2, 0) is 9.47 Å². The van der Waals surface area contributed by atoms with E-state index < -0.39 is 74.6 Å². The van der Waals surface area contributed by atoms with Crippen molar-refractivity contribution in [2.24, 2.45) is 0 Å². The molecule has 2 fully saturated rings. The first-order valence-electron chi connectivity index (χ1n) is 7.12. The first kappa shape index (κ1) is 21.6. The van der Waals surface area contributed by atoms with E-state index in [2.05, 4.69) is 9.47 Å². The number of aliphatic hydroxyl groups is 10. The lowest BCUT2D eigenvalue weighted by Crippen LogP contribution is -2.58. The van der Waals surface area contributed by atoms with Crippen molar-refractivity contribution >= 4 is 0 Å². The lowest BCUT2D eigenvalue weighted by molar-refractivity contribution is -0.286. The summed E-state index contributed by atoms with van der Waals surface area (Å²) in [5, 5.41) is 89.3. The zero-order valence-electron chi connectivity index (χ0n) is 12.5. The van der Waals surface area contributed by atoms with Crippen molar-refractivity contribution in [2.45, 2.75) is 61.4 Å². The van der Waals surface area contributed by atoms with Crippen LogP contribution in [0, 0.1) is 0 Å². The Morgan fingerprint density at radius 3 is 1.00 bits per heavy atom. The van der Waals surface area contributed by atoms with E-state index >= 15 is 0 Å². The predicted molar refractivity (Wildman–Crippen MR) is 72.0 cm³/mol. The monoisotopic (exact) mass is 360 g/mol. The Kier molecular flexibility index (Phi) is 8.34. The second-order valence-electron chi connectivity index (χ2n) is 5.44. The molecule has 2 heterocycles. The molecule has 2 saturated heterocycles. The Morgan fingerprint density at radius 2 is 0.750 bits per heavy atom. The van der Waals surface area contributed by atoms with E-state index in [1.807, 2.05) is 0 Å². The van der Waals surface area contributed by atoms with Crippen LogP contribution in [0.2, 0.25) is 0 Å². The number of hydrogen-bond acceptors (Lipinski definition) is 12. The van der Waals surface area contributed by atoms with Gasteiger partial charge in [0.25, 0.3) is 0 Å². The third kappa shape index (κ3) is 4.78. The fourth-order valence-electron chi connectivity index (χ4n) is 2.16. The molecule has 0 aromatic heterocycles. The van der Waals surface area contributed by atoms with Gasteiger partial charge >= 0.3 is 0 Å². The van der Waals surface area contributed by atoms with Crippen LogP contribution < -0.4 is 0 Å². The topological polar surface area (TPSA) is 221 Å². The molecule has 0 radical (unpaired) electrons. The Hall–Kier alpha value is -0.480. The molecule has 0 aliphatic carbocycles. The molecule has 10 N–H and O–H groups in total.